The van der Waals surface area contributed by atoms with Crippen LogP contribution in [0, 0.1) is 5.92 Å². The molecule has 4 nitrogen and oxygen atoms in total. The minimum atomic E-state index is 0.229. The van der Waals surface area contributed by atoms with E-state index in [0.717, 1.165) is 43.1 Å². The van der Waals surface area contributed by atoms with Gasteiger partial charge in [-0.1, -0.05) is 6.92 Å². The van der Waals surface area contributed by atoms with E-state index in [0.29, 0.717) is 5.92 Å². The van der Waals surface area contributed by atoms with E-state index in [-0.39, 0.29) is 12.1 Å². The maximum Gasteiger partial charge on any atom is 0.123 e. The molecular formula is C17H27NO3. The van der Waals surface area contributed by atoms with Gasteiger partial charge in [0.05, 0.1) is 20.3 Å². The fraction of sp³-hybridized carbons (Fsp3) is 0.647. The summed E-state index contributed by atoms with van der Waals surface area (Å²) < 4.78 is 16.7. The summed E-state index contributed by atoms with van der Waals surface area (Å²) in [6.45, 7) is 6.16. The third-order valence-electron chi connectivity index (χ3n) is 4.25. The van der Waals surface area contributed by atoms with Crippen LogP contribution in [0.5, 0.6) is 11.5 Å². The Balaban J connectivity index is 2.34. The molecule has 1 fully saturated rings. The van der Waals surface area contributed by atoms with Crippen molar-refractivity contribution in [3.63, 3.8) is 0 Å². The first-order chi connectivity index (χ1) is 10.2. The van der Waals surface area contributed by atoms with Crippen LogP contribution in [0.2, 0.25) is 0 Å². The lowest BCUT2D eigenvalue weighted by Gasteiger charge is -2.29. The average Bonchev–Trinajstić information content (AvgIpc) is 2.93. The number of benzene rings is 1. The maximum absolute atomic E-state index is 5.77. The number of hydrogen-bond acceptors (Lipinski definition) is 4. The van der Waals surface area contributed by atoms with Crippen molar-refractivity contribution in [1.29, 1.82) is 0 Å². The second-order valence-corrected chi connectivity index (χ2v) is 5.57. The summed E-state index contributed by atoms with van der Waals surface area (Å²) >= 11 is 0. The van der Waals surface area contributed by atoms with Gasteiger partial charge in [0.25, 0.3) is 0 Å². The summed E-state index contributed by atoms with van der Waals surface area (Å²) in [6, 6.07) is 6.23. The lowest BCUT2D eigenvalue weighted by molar-refractivity contribution is 0.0950. The van der Waals surface area contributed by atoms with Crippen molar-refractivity contribution >= 4 is 0 Å². The van der Waals surface area contributed by atoms with Gasteiger partial charge in [0.15, 0.2) is 0 Å². The smallest absolute Gasteiger partial charge is 0.123 e. The van der Waals surface area contributed by atoms with Gasteiger partial charge in [0.2, 0.25) is 0 Å². The van der Waals surface area contributed by atoms with Gasteiger partial charge in [-0.2, -0.15) is 0 Å². The van der Waals surface area contributed by atoms with Gasteiger partial charge in [-0.25, -0.2) is 0 Å². The van der Waals surface area contributed by atoms with E-state index >= 15 is 0 Å². The second-order valence-electron chi connectivity index (χ2n) is 5.57. The van der Waals surface area contributed by atoms with Crippen LogP contribution in [0.1, 0.15) is 38.3 Å². The molecule has 1 aliphatic rings. The Bertz CT molecular complexity index is 450. The van der Waals surface area contributed by atoms with Crippen molar-refractivity contribution < 1.29 is 14.2 Å². The Morgan fingerprint density at radius 2 is 2.14 bits per heavy atom. The summed E-state index contributed by atoms with van der Waals surface area (Å²) in [4.78, 5) is 0. The molecule has 1 aromatic carbocycles. The molecule has 4 heteroatoms. The molecule has 0 aliphatic carbocycles. The zero-order valence-electron chi connectivity index (χ0n) is 13.5. The molecule has 1 N–H and O–H groups in total. The van der Waals surface area contributed by atoms with E-state index in [1.807, 2.05) is 12.1 Å². The molecule has 0 bridgehead atoms. The zero-order valence-corrected chi connectivity index (χ0v) is 13.5. The molecule has 0 amide bonds. The Morgan fingerprint density at radius 3 is 2.71 bits per heavy atom. The predicted octanol–water partition coefficient (Wildman–Crippen LogP) is 3.17. The van der Waals surface area contributed by atoms with E-state index in [2.05, 4.69) is 25.2 Å². The molecule has 3 unspecified atom stereocenters. The van der Waals surface area contributed by atoms with Gasteiger partial charge in [-0.05, 0) is 44.5 Å². The number of methoxy groups -OCH3 is 2. The highest BCUT2D eigenvalue weighted by Gasteiger charge is 2.34. The van der Waals surface area contributed by atoms with Crippen molar-refractivity contribution in [2.45, 2.75) is 38.8 Å². The monoisotopic (exact) mass is 293 g/mol. The summed E-state index contributed by atoms with van der Waals surface area (Å²) in [7, 11) is 3.41. The third-order valence-corrected chi connectivity index (χ3v) is 4.25. The minimum absolute atomic E-state index is 0.229. The summed E-state index contributed by atoms with van der Waals surface area (Å²) in [5, 5.41) is 3.67. The fourth-order valence-electron chi connectivity index (χ4n) is 3.06. The molecule has 21 heavy (non-hydrogen) atoms. The molecule has 1 saturated heterocycles. The molecule has 1 aliphatic heterocycles. The lowest BCUT2D eigenvalue weighted by atomic mass is 9.87. The average molecular weight is 293 g/mol. The van der Waals surface area contributed by atoms with Crippen LogP contribution in [0.25, 0.3) is 0 Å². The molecule has 1 aromatic rings. The Morgan fingerprint density at radius 1 is 1.33 bits per heavy atom. The normalized spacial score (nSPS) is 23.0. The Hall–Kier alpha value is -1.26. The van der Waals surface area contributed by atoms with Crippen molar-refractivity contribution in [3.8, 4) is 11.5 Å². The molecular weight excluding hydrogens is 266 g/mol. The highest BCUT2D eigenvalue weighted by molar-refractivity contribution is 5.42. The van der Waals surface area contributed by atoms with Crippen molar-refractivity contribution in [2.24, 2.45) is 5.92 Å². The van der Waals surface area contributed by atoms with Gasteiger partial charge >= 0.3 is 0 Å². The van der Waals surface area contributed by atoms with Crippen LogP contribution >= 0.6 is 0 Å². The Kier molecular flexibility index (Phi) is 5.88. The van der Waals surface area contributed by atoms with E-state index in [1.165, 1.54) is 0 Å². The predicted molar refractivity (Wildman–Crippen MR) is 84.1 cm³/mol. The fourth-order valence-corrected chi connectivity index (χ4v) is 3.06. The third kappa shape index (κ3) is 3.69. The first-order valence-electron chi connectivity index (χ1n) is 7.78. The summed E-state index contributed by atoms with van der Waals surface area (Å²) in [6.07, 6.45) is 2.43. The maximum atomic E-state index is 5.77. The van der Waals surface area contributed by atoms with Crippen LogP contribution in [0.15, 0.2) is 18.2 Å². The molecule has 0 spiro atoms. The zero-order chi connectivity index (χ0) is 15.2. The van der Waals surface area contributed by atoms with Gasteiger partial charge in [0, 0.05) is 24.1 Å². The van der Waals surface area contributed by atoms with Gasteiger partial charge in [0.1, 0.15) is 11.5 Å². The number of ether oxygens (including phenoxy) is 3. The van der Waals surface area contributed by atoms with Crippen LogP contribution in [-0.2, 0) is 4.74 Å². The molecule has 0 aromatic heterocycles. The van der Waals surface area contributed by atoms with E-state index in [1.54, 1.807) is 14.2 Å². The SMILES string of the molecule is CCCNC(c1cc(OC)ccc1OC)C1CCOC1C. The van der Waals surface area contributed by atoms with Crippen molar-refractivity contribution in [1.82, 2.24) is 5.32 Å². The second kappa shape index (κ2) is 7.66. The minimum Gasteiger partial charge on any atom is -0.497 e. The molecule has 1 heterocycles. The summed E-state index contributed by atoms with van der Waals surface area (Å²) in [5.74, 6) is 2.22. The van der Waals surface area contributed by atoms with E-state index in [4.69, 9.17) is 14.2 Å². The van der Waals surface area contributed by atoms with Crippen LogP contribution in [-0.4, -0.2) is 33.5 Å². The van der Waals surface area contributed by atoms with Crippen LogP contribution < -0.4 is 14.8 Å². The molecule has 2 rings (SSSR count). The Labute approximate surface area is 127 Å². The lowest BCUT2D eigenvalue weighted by Crippen LogP contribution is -2.32. The van der Waals surface area contributed by atoms with E-state index in [9.17, 15) is 0 Å². The highest BCUT2D eigenvalue weighted by Crippen LogP contribution is 2.38. The van der Waals surface area contributed by atoms with Crippen molar-refractivity contribution in [2.75, 3.05) is 27.4 Å². The van der Waals surface area contributed by atoms with Gasteiger partial charge in [-0.3, -0.25) is 0 Å². The molecule has 118 valence electrons. The highest BCUT2D eigenvalue weighted by atomic mass is 16.5. The number of rotatable bonds is 7. The first kappa shape index (κ1) is 16.1. The van der Waals surface area contributed by atoms with E-state index < -0.39 is 0 Å². The molecule has 3 atom stereocenters. The quantitative estimate of drug-likeness (QED) is 0.838. The number of nitrogens with one attached hydrogen (secondary N) is 1. The van der Waals surface area contributed by atoms with Crippen LogP contribution in [0.3, 0.4) is 0 Å². The van der Waals surface area contributed by atoms with Gasteiger partial charge in [-0.15, -0.1) is 0 Å². The molecule has 0 saturated carbocycles. The standard InChI is InChI=1S/C17H27NO3/c1-5-9-18-17(14-8-10-21-12(14)2)15-11-13(19-3)6-7-16(15)20-4/h6-7,11-12,14,17-18H,5,8-10H2,1-4H3. The number of hydrogen-bond donors (Lipinski definition) is 1. The van der Waals surface area contributed by atoms with Crippen molar-refractivity contribution in [3.05, 3.63) is 23.8 Å². The largest absolute Gasteiger partial charge is 0.497 e. The topological polar surface area (TPSA) is 39.7 Å². The summed E-state index contributed by atoms with van der Waals surface area (Å²) in [5.41, 5.74) is 1.16. The van der Waals surface area contributed by atoms with Gasteiger partial charge < -0.3 is 19.5 Å². The van der Waals surface area contributed by atoms with Crippen LogP contribution in [0.4, 0.5) is 0 Å². The molecule has 0 radical (unpaired) electrons. The first-order valence-corrected chi connectivity index (χ1v) is 7.78.